The highest BCUT2D eigenvalue weighted by Crippen LogP contribution is 2.10. The third-order valence-corrected chi connectivity index (χ3v) is 2.35. The number of hydrogen-bond donors (Lipinski definition) is 0. The van der Waals surface area contributed by atoms with Crippen molar-refractivity contribution in [2.75, 3.05) is 13.2 Å². The molecular weight excluding hydrogens is 244 g/mol. The summed E-state index contributed by atoms with van der Waals surface area (Å²) >= 11 is 0. The third-order valence-electron chi connectivity index (χ3n) is 2.35. The number of ether oxygens (including phenoxy) is 2. The highest BCUT2D eigenvalue weighted by atomic mass is 16.5. The van der Waals surface area contributed by atoms with Gasteiger partial charge in [0.1, 0.15) is 0 Å². The summed E-state index contributed by atoms with van der Waals surface area (Å²) in [5.41, 5.74) is 1.23. The second-order valence-electron chi connectivity index (χ2n) is 3.80. The zero-order valence-corrected chi connectivity index (χ0v) is 11.2. The molecule has 0 aliphatic carbocycles. The van der Waals surface area contributed by atoms with Crippen molar-refractivity contribution in [3.05, 3.63) is 47.5 Å². The SMILES string of the molecule is CCOC(=O)C=C(Cc1ccccc1)C(=O)OCC. The van der Waals surface area contributed by atoms with Gasteiger partial charge in [-0.2, -0.15) is 0 Å². The van der Waals surface area contributed by atoms with Crippen molar-refractivity contribution in [3.8, 4) is 0 Å². The molecule has 0 amide bonds. The van der Waals surface area contributed by atoms with Crippen LogP contribution in [0.1, 0.15) is 19.4 Å². The minimum atomic E-state index is -0.526. The first-order valence-electron chi connectivity index (χ1n) is 6.25. The average molecular weight is 262 g/mol. The lowest BCUT2D eigenvalue weighted by atomic mass is 10.1. The third kappa shape index (κ3) is 5.38. The molecule has 4 nitrogen and oxygen atoms in total. The molecule has 0 spiro atoms. The lowest BCUT2D eigenvalue weighted by Crippen LogP contribution is -2.13. The van der Waals surface area contributed by atoms with Gasteiger partial charge in [0, 0.05) is 18.1 Å². The molecule has 0 aliphatic heterocycles. The minimum Gasteiger partial charge on any atom is -0.463 e. The summed E-state index contributed by atoms with van der Waals surface area (Å²) in [5.74, 6) is -1.01. The van der Waals surface area contributed by atoms with Crippen LogP contribution in [0.2, 0.25) is 0 Å². The van der Waals surface area contributed by atoms with E-state index in [4.69, 9.17) is 9.47 Å². The topological polar surface area (TPSA) is 52.6 Å². The maximum atomic E-state index is 11.8. The van der Waals surface area contributed by atoms with Gasteiger partial charge in [-0.1, -0.05) is 30.3 Å². The van der Waals surface area contributed by atoms with E-state index in [1.807, 2.05) is 30.3 Å². The van der Waals surface area contributed by atoms with Gasteiger partial charge in [-0.3, -0.25) is 0 Å². The molecule has 1 rings (SSSR count). The second kappa shape index (κ2) is 8.08. The predicted octanol–water partition coefficient (Wildman–Crippen LogP) is 2.28. The van der Waals surface area contributed by atoms with Crippen LogP contribution in [0.5, 0.6) is 0 Å². The summed E-state index contributed by atoms with van der Waals surface area (Å²) in [6.45, 7) is 3.99. The van der Waals surface area contributed by atoms with Gasteiger partial charge in [-0.05, 0) is 19.4 Å². The number of carbonyl (C=O) groups is 2. The number of benzene rings is 1. The van der Waals surface area contributed by atoms with Crippen LogP contribution in [0.4, 0.5) is 0 Å². The van der Waals surface area contributed by atoms with E-state index < -0.39 is 11.9 Å². The molecule has 0 N–H and O–H groups in total. The van der Waals surface area contributed by atoms with Gasteiger partial charge in [-0.25, -0.2) is 9.59 Å². The standard InChI is InChI=1S/C15H18O4/c1-3-18-14(16)11-13(15(17)19-4-2)10-12-8-6-5-7-9-12/h5-9,11H,3-4,10H2,1-2H3. The Hall–Kier alpha value is -2.10. The molecule has 0 saturated carbocycles. The smallest absolute Gasteiger partial charge is 0.334 e. The summed E-state index contributed by atoms with van der Waals surface area (Å²) < 4.78 is 9.76. The van der Waals surface area contributed by atoms with E-state index in [9.17, 15) is 9.59 Å². The predicted molar refractivity (Wildman–Crippen MR) is 71.5 cm³/mol. The lowest BCUT2D eigenvalue weighted by molar-refractivity contribution is -0.141. The number of esters is 2. The van der Waals surface area contributed by atoms with E-state index in [1.165, 1.54) is 6.08 Å². The summed E-state index contributed by atoms with van der Waals surface area (Å²) in [6, 6.07) is 9.42. The van der Waals surface area contributed by atoms with Crippen LogP contribution in [-0.2, 0) is 25.5 Å². The quantitative estimate of drug-likeness (QED) is 0.583. The average Bonchev–Trinajstić information content (AvgIpc) is 2.40. The molecule has 0 radical (unpaired) electrons. The van der Waals surface area contributed by atoms with Gasteiger partial charge in [-0.15, -0.1) is 0 Å². The normalized spacial score (nSPS) is 10.9. The Morgan fingerprint density at radius 1 is 1.05 bits per heavy atom. The molecule has 0 atom stereocenters. The molecule has 1 aromatic rings. The van der Waals surface area contributed by atoms with E-state index in [2.05, 4.69) is 0 Å². The van der Waals surface area contributed by atoms with Gasteiger partial charge >= 0.3 is 11.9 Å². The van der Waals surface area contributed by atoms with Crippen molar-refractivity contribution in [1.29, 1.82) is 0 Å². The fourth-order valence-corrected chi connectivity index (χ4v) is 1.55. The summed E-state index contributed by atoms with van der Waals surface area (Å²) in [4.78, 5) is 23.2. The lowest BCUT2D eigenvalue weighted by Gasteiger charge is -2.07. The van der Waals surface area contributed by atoms with Gasteiger partial charge in [0.2, 0.25) is 0 Å². The highest BCUT2D eigenvalue weighted by molar-refractivity contribution is 5.96. The molecule has 0 bridgehead atoms. The Morgan fingerprint density at radius 2 is 1.68 bits per heavy atom. The van der Waals surface area contributed by atoms with Crippen molar-refractivity contribution >= 4 is 11.9 Å². The van der Waals surface area contributed by atoms with E-state index in [1.54, 1.807) is 13.8 Å². The summed E-state index contributed by atoms with van der Waals surface area (Å²) in [6.07, 6.45) is 1.55. The Balaban J connectivity index is 2.86. The van der Waals surface area contributed by atoms with Crippen LogP contribution in [0.25, 0.3) is 0 Å². The Bertz CT molecular complexity index is 448. The molecule has 0 aliphatic rings. The van der Waals surface area contributed by atoms with Crippen molar-refractivity contribution in [2.45, 2.75) is 20.3 Å². The molecular formula is C15H18O4. The maximum absolute atomic E-state index is 11.8. The summed E-state index contributed by atoms with van der Waals surface area (Å²) in [5, 5.41) is 0. The van der Waals surface area contributed by atoms with E-state index in [0.29, 0.717) is 12.0 Å². The van der Waals surface area contributed by atoms with Crippen molar-refractivity contribution in [1.82, 2.24) is 0 Å². The van der Waals surface area contributed by atoms with Crippen LogP contribution < -0.4 is 0 Å². The van der Waals surface area contributed by atoms with Crippen molar-refractivity contribution in [3.63, 3.8) is 0 Å². The van der Waals surface area contributed by atoms with E-state index >= 15 is 0 Å². The molecule has 0 unspecified atom stereocenters. The van der Waals surface area contributed by atoms with Crippen LogP contribution in [0, 0.1) is 0 Å². The van der Waals surface area contributed by atoms with Gasteiger partial charge in [0.05, 0.1) is 13.2 Å². The zero-order chi connectivity index (χ0) is 14.1. The fourth-order valence-electron chi connectivity index (χ4n) is 1.55. The van der Waals surface area contributed by atoms with Crippen LogP contribution in [0.15, 0.2) is 42.0 Å². The largest absolute Gasteiger partial charge is 0.463 e. The Labute approximate surface area is 113 Å². The second-order valence-corrected chi connectivity index (χ2v) is 3.80. The molecule has 19 heavy (non-hydrogen) atoms. The van der Waals surface area contributed by atoms with Gasteiger partial charge in [0.25, 0.3) is 0 Å². The Kier molecular flexibility index (Phi) is 6.36. The molecule has 0 heterocycles. The molecule has 0 saturated heterocycles. The van der Waals surface area contributed by atoms with Crippen LogP contribution in [0.3, 0.4) is 0 Å². The first kappa shape index (κ1) is 15.0. The van der Waals surface area contributed by atoms with E-state index in [0.717, 1.165) is 5.56 Å². The molecule has 0 aromatic heterocycles. The maximum Gasteiger partial charge on any atom is 0.334 e. The minimum absolute atomic E-state index is 0.272. The van der Waals surface area contributed by atoms with E-state index in [-0.39, 0.29) is 13.2 Å². The molecule has 0 fully saturated rings. The molecule has 4 heteroatoms. The van der Waals surface area contributed by atoms with Crippen LogP contribution >= 0.6 is 0 Å². The highest BCUT2D eigenvalue weighted by Gasteiger charge is 2.13. The van der Waals surface area contributed by atoms with Crippen LogP contribution in [-0.4, -0.2) is 25.2 Å². The zero-order valence-electron chi connectivity index (χ0n) is 11.2. The Morgan fingerprint density at radius 3 is 2.26 bits per heavy atom. The first-order valence-corrected chi connectivity index (χ1v) is 6.25. The number of hydrogen-bond acceptors (Lipinski definition) is 4. The van der Waals surface area contributed by atoms with Crippen molar-refractivity contribution < 1.29 is 19.1 Å². The number of carbonyl (C=O) groups excluding carboxylic acids is 2. The first-order chi connectivity index (χ1) is 9.17. The van der Waals surface area contributed by atoms with Gasteiger partial charge in [0.15, 0.2) is 0 Å². The summed E-state index contributed by atoms with van der Waals surface area (Å²) in [7, 11) is 0. The number of rotatable bonds is 6. The van der Waals surface area contributed by atoms with Crippen molar-refractivity contribution in [2.24, 2.45) is 0 Å². The van der Waals surface area contributed by atoms with Gasteiger partial charge < -0.3 is 9.47 Å². The molecule has 1 aromatic carbocycles. The molecule has 102 valence electrons. The monoisotopic (exact) mass is 262 g/mol. The fraction of sp³-hybridized carbons (Fsp3) is 0.333.